The number of carbonyl (C=O) groups excluding carboxylic acids is 2. The maximum absolute atomic E-state index is 13.4. The van der Waals surface area contributed by atoms with Crippen molar-refractivity contribution in [1.29, 1.82) is 0 Å². The molecule has 24 heavy (non-hydrogen) atoms. The van der Waals surface area contributed by atoms with E-state index in [9.17, 15) is 14.0 Å². The van der Waals surface area contributed by atoms with Crippen LogP contribution in [0.5, 0.6) is 0 Å². The summed E-state index contributed by atoms with van der Waals surface area (Å²) in [5.41, 5.74) is 2.81. The van der Waals surface area contributed by atoms with Crippen LogP contribution < -0.4 is 10.6 Å². The van der Waals surface area contributed by atoms with Crippen LogP contribution in [0.15, 0.2) is 42.5 Å². The van der Waals surface area contributed by atoms with Gasteiger partial charge in [-0.25, -0.2) is 4.39 Å². The second kappa shape index (κ2) is 6.43. The molecule has 4 nitrogen and oxygen atoms in total. The molecule has 0 bridgehead atoms. The summed E-state index contributed by atoms with van der Waals surface area (Å²) >= 11 is 0. The molecule has 0 fully saturated rings. The quantitative estimate of drug-likeness (QED) is 0.895. The molecule has 0 aliphatic carbocycles. The molecule has 0 radical (unpaired) electrons. The fraction of sp³-hybridized carbons (Fsp3) is 0.263. The summed E-state index contributed by atoms with van der Waals surface area (Å²) in [6.45, 7) is 4.16. The van der Waals surface area contributed by atoms with E-state index in [4.69, 9.17) is 0 Å². The molecule has 0 saturated carbocycles. The van der Waals surface area contributed by atoms with E-state index < -0.39 is 11.7 Å². The lowest BCUT2D eigenvalue weighted by molar-refractivity contribution is -0.123. The fourth-order valence-corrected chi connectivity index (χ4v) is 2.88. The van der Waals surface area contributed by atoms with Crippen LogP contribution in [0, 0.1) is 5.82 Å². The van der Waals surface area contributed by atoms with E-state index in [2.05, 4.69) is 24.5 Å². The Morgan fingerprint density at radius 2 is 2.04 bits per heavy atom. The molecule has 2 N–H and O–H groups in total. The van der Waals surface area contributed by atoms with Gasteiger partial charge in [0.1, 0.15) is 5.82 Å². The zero-order valence-corrected chi connectivity index (χ0v) is 13.6. The summed E-state index contributed by atoms with van der Waals surface area (Å²) in [5.74, 6) is -1.27. The second-order valence-electron chi connectivity index (χ2n) is 6.31. The highest BCUT2D eigenvalue weighted by molar-refractivity contribution is 6.05. The van der Waals surface area contributed by atoms with Gasteiger partial charge in [-0.2, -0.15) is 0 Å². The molecule has 3 rings (SSSR count). The first kappa shape index (κ1) is 16.2. The SMILES string of the molecule is CC(C)c1cccc(NC(=O)[C@H]2CC(=O)Nc3cc(F)ccc32)c1. The summed E-state index contributed by atoms with van der Waals surface area (Å²) in [6, 6.07) is 11.7. The van der Waals surface area contributed by atoms with Crippen molar-refractivity contribution in [2.24, 2.45) is 0 Å². The van der Waals surface area contributed by atoms with Crippen molar-refractivity contribution in [3.8, 4) is 0 Å². The third-order valence-electron chi connectivity index (χ3n) is 4.19. The maximum atomic E-state index is 13.4. The van der Waals surface area contributed by atoms with Crippen molar-refractivity contribution in [2.45, 2.75) is 32.1 Å². The van der Waals surface area contributed by atoms with Gasteiger partial charge in [-0.15, -0.1) is 0 Å². The monoisotopic (exact) mass is 326 g/mol. The van der Waals surface area contributed by atoms with Gasteiger partial charge in [-0.1, -0.05) is 32.0 Å². The average molecular weight is 326 g/mol. The van der Waals surface area contributed by atoms with E-state index in [0.29, 0.717) is 22.9 Å². The number of amides is 2. The van der Waals surface area contributed by atoms with Crippen molar-refractivity contribution in [1.82, 2.24) is 0 Å². The number of hydrogen-bond donors (Lipinski definition) is 2. The van der Waals surface area contributed by atoms with Crippen LogP contribution in [0.3, 0.4) is 0 Å². The number of halogens is 1. The zero-order valence-electron chi connectivity index (χ0n) is 13.6. The number of fused-ring (bicyclic) bond motifs is 1. The van der Waals surface area contributed by atoms with Crippen LogP contribution in [0.25, 0.3) is 0 Å². The van der Waals surface area contributed by atoms with E-state index in [1.807, 2.05) is 24.3 Å². The molecular formula is C19H19FN2O2. The van der Waals surface area contributed by atoms with E-state index in [1.54, 1.807) is 6.07 Å². The molecule has 2 amide bonds. The Morgan fingerprint density at radius 3 is 2.79 bits per heavy atom. The molecule has 5 heteroatoms. The Kier molecular flexibility index (Phi) is 4.34. The number of nitrogens with one attached hydrogen (secondary N) is 2. The Morgan fingerprint density at radius 1 is 1.25 bits per heavy atom. The minimum atomic E-state index is -0.628. The van der Waals surface area contributed by atoms with Crippen molar-refractivity contribution >= 4 is 23.2 Å². The molecule has 1 atom stereocenters. The third-order valence-corrected chi connectivity index (χ3v) is 4.19. The molecular weight excluding hydrogens is 307 g/mol. The highest BCUT2D eigenvalue weighted by atomic mass is 19.1. The van der Waals surface area contributed by atoms with Crippen LogP contribution in [0.1, 0.15) is 43.2 Å². The number of hydrogen-bond acceptors (Lipinski definition) is 2. The minimum absolute atomic E-state index is 0.0499. The van der Waals surface area contributed by atoms with Crippen LogP contribution >= 0.6 is 0 Å². The number of rotatable bonds is 3. The van der Waals surface area contributed by atoms with Gasteiger partial charge in [0.05, 0.1) is 5.92 Å². The Hall–Kier alpha value is -2.69. The van der Waals surface area contributed by atoms with Gasteiger partial charge in [-0.3, -0.25) is 9.59 Å². The lowest BCUT2D eigenvalue weighted by Gasteiger charge is -2.25. The molecule has 2 aromatic carbocycles. The standard InChI is InChI=1S/C19H19FN2O2/c1-11(2)12-4-3-5-14(8-12)21-19(24)16-10-18(23)22-17-9-13(20)6-7-15(16)17/h3-9,11,16H,10H2,1-2H3,(H,21,24)(H,22,23)/t16-/m0/s1. The smallest absolute Gasteiger partial charge is 0.232 e. The maximum Gasteiger partial charge on any atom is 0.232 e. The van der Waals surface area contributed by atoms with Gasteiger partial charge in [0.2, 0.25) is 11.8 Å². The van der Waals surface area contributed by atoms with Gasteiger partial charge in [0, 0.05) is 17.8 Å². The normalized spacial score (nSPS) is 16.5. The van der Waals surface area contributed by atoms with E-state index in [0.717, 1.165) is 5.56 Å². The first-order chi connectivity index (χ1) is 11.4. The van der Waals surface area contributed by atoms with Crippen LogP contribution in [0.4, 0.5) is 15.8 Å². The van der Waals surface area contributed by atoms with Gasteiger partial charge in [0.15, 0.2) is 0 Å². The number of carbonyl (C=O) groups is 2. The summed E-state index contributed by atoms with van der Waals surface area (Å²) < 4.78 is 13.4. The van der Waals surface area contributed by atoms with Gasteiger partial charge in [-0.05, 0) is 41.3 Å². The molecule has 1 heterocycles. The summed E-state index contributed by atoms with van der Waals surface area (Å²) in [4.78, 5) is 24.5. The van der Waals surface area contributed by atoms with Crippen molar-refractivity contribution in [3.05, 3.63) is 59.4 Å². The van der Waals surface area contributed by atoms with Crippen LogP contribution in [0.2, 0.25) is 0 Å². The number of anilines is 2. The lowest BCUT2D eigenvalue weighted by Crippen LogP contribution is -2.30. The lowest BCUT2D eigenvalue weighted by atomic mass is 9.89. The molecule has 124 valence electrons. The van der Waals surface area contributed by atoms with Crippen LogP contribution in [-0.2, 0) is 9.59 Å². The van der Waals surface area contributed by atoms with E-state index in [1.165, 1.54) is 12.1 Å². The van der Waals surface area contributed by atoms with Crippen molar-refractivity contribution < 1.29 is 14.0 Å². The first-order valence-electron chi connectivity index (χ1n) is 7.94. The van der Waals surface area contributed by atoms with Crippen LogP contribution in [-0.4, -0.2) is 11.8 Å². The average Bonchev–Trinajstić information content (AvgIpc) is 2.53. The molecule has 0 saturated heterocycles. The fourth-order valence-electron chi connectivity index (χ4n) is 2.88. The largest absolute Gasteiger partial charge is 0.326 e. The molecule has 0 aromatic heterocycles. The molecule has 1 aliphatic heterocycles. The molecule has 0 spiro atoms. The molecule has 1 aliphatic rings. The Balaban J connectivity index is 1.86. The zero-order chi connectivity index (χ0) is 17.3. The topological polar surface area (TPSA) is 58.2 Å². The second-order valence-corrected chi connectivity index (χ2v) is 6.31. The van der Waals surface area contributed by atoms with Crippen molar-refractivity contribution in [2.75, 3.05) is 10.6 Å². The third kappa shape index (κ3) is 3.30. The van der Waals surface area contributed by atoms with E-state index in [-0.39, 0.29) is 18.2 Å². The minimum Gasteiger partial charge on any atom is -0.326 e. The first-order valence-corrected chi connectivity index (χ1v) is 7.94. The summed E-state index contributed by atoms with van der Waals surface area (Å²) in [6.07, 6.45) is 0.0499. The Labute approximate surface area is 140 Å². The summed E-state index contributed by atoms with van der Waals surface area (Å²) in [7, 11) is 0. The van der Waals surface area contributed by atoms with Crippen molar-refractivity contribution in [3.63, 3.8) is 0 Å². The van der Waals surface area contributed by atoms with Gasteiger partial charge >= 0.3 is 0 Å². The van der Waals surface area contributed by atoms with E-state index >= 15 is 0 Å². The highest BCUT2D eigenvalue weighted by Crippen LogP contribution is 2.33. The van der Waals surface area contributed by atoms with Gasteiger partial charge < -0.3 is 10.6 Å². The number of benzene rings is 2. The molecule has 0 unspecified atom stereocenters. The predicted octanol–water partition coefficient (Wildman–Crippen LogP) is 4.01. The Bertz CT molecular complexity index is 802. The molecule has 2 aromatic rings. The van der Waals surface area contributed by atoms with Gasteiger partial charge in [0.25, 0.3) is 0 Å². The highest BCUT2D eigenvalue weighted by Gasteiger charge is 2.31. The predicted molar refractivity (Wildman–Crippen MR) is 91.5 cm³/mol. The summed E-state index contributed by atoms with van der Waals surface area (Å²) in [5, 5.41) is 5.48.